The van der Waals surface area contributed by atoms with Gasteiger partial charge in [-0.2, -0.15) is 0 Å². The highest BCUT2D eigenvalue weighted by atomic mass is 32.2. The number of halogens is 1. The summed E-state index contributed by atoms with van der Waals surface area (Å²) in [4.78, 5) is 54.0. The maximum atomic E-state index is 15.8. The number of thioether (sulfide) groups is 1. The van der Waals surface area contributed by atoms with Gasteiger partial charge in [-0.1, -0.05) is 39.3 Å². The van der Waals surface area contributed by atoms with Crippen LogP contribution in [0.2, 0.25) is 0 Å². The molecular formula is C37H53FN6O3S. The summed E-state index contributed by atoms with van der Waals surface area (Å²) in [7, 11) is 0. The van der Waals surface area contributed by atoms with Gasteiger partial charge in [0.1, 0.15) is 11.2 Å². The second-order valence-electron chi connectivity index (χ2n) is 15.4. The summed E-state index contributed by atoms with van der Waals surface area (Å²) in [6.45, 7) is 10.1. The highest BCUT2D eigenvalue weighted by molar-refractivity contribution is 8.01. The summed E-state index contributed by atoms with van der Waals surface area (Å²) in [5, 5.41) is -0.833. The zero-order valence-corrected chi connectivity index (χ0v) is 29.3. The summed E-state index contributed by atoms with van der Waals surface area (Å²) in [5.74, 6) is -0.108. The summed E-state index contributed by atoms with van der Waals surface area (Å²) in [6.07, 6.45) is 9.64. The smallest absolute Gasteiger partial charge is 0.327 e. The number of hydrogen-bond donors (Lipinski definition) is 1. The molecule has 1 saturated carbocycles. The van der Waals surface area contributed by atoms with Crippen molar-refractivity contribution >= 4 is 34.7 Å². The van der Waals surface area contributed by atoms with Crippen LogP contribution in [0, 0.1) is 11.2 Å². The van der Waals surface area contributed by atoms with E-state index in [1.165, 1.54) is 31.0 Å². The van der Waals surface area contributed by atoms with E-state index in [1.807, 2.05) is 28.0 Å². The lowest BCUT2D eigenvalue weighted by molar-refractivity contribution is -0.136. The Bertz CT molecular complexity index is 1710. The van der Waals surface area contributed by atoms with Gasteiger partial charge in [-0.05, 0) is 98.7 Å². The summed E-state index contributed by atoms with van der Waals surface area (Å²) in [5.41, 5.74) is 2.87. The number of carbonyl (C=O) groups is 2. The van der Waals surface area contributed by atoms with Gasteiger partial charge in [-0.15, -0.1) is 11.8 Å². The van der Waals surface area contributed by atoms with E-state index < -0.39 is 5.25 Å². The average molecular weight is 681 g/mol. The number of aromatic nitrogens is 3. The Labute approximate surface area is 289 Å². The Morgan fingerprint density at radius 1 is 1.00 bits per heavy atom. The predicted octanol–water partition coefficient (Wildman–Crippen LogP) is 6.72. The molecule has 1 N–H and O–H groups in total. The average Bonchev–Trinajstić information content (AvgIpc) is 3.54. The maximum Gasteiger partial charge on any atom is 0.327 e. The fourth-order valence-corrected chi connectivity index (χ4v) is 9.64. The summed E-state index contributed by atoms with van der Waals surface area (Å²) < 4.78 is 17.6. The third kappa shape index (κ3) is 6.69. The van der Waals surface area contributed by atoms with Crippen LogP contribution < -0.4 is 5.69 Å². The van der Waals surface area contributed by atoms with Gasteiger partial charge in [0.25, 0.3) is 0 Å². The van der Waals surface area contributed by atoms with Gasteiger partial charge in [-0.25, -0.2) is 14.2 Å². The number of piperidine rings is 2. The number of aromatic amines is 1. The lowest BCUT2D eigenvalue weighted by Crippen LogP contribution is -2.44. The molecule has 3 saturated heterocycles. The Hall–Kier alpha value is -3.18. The van der Waals surface area contributed by atoms with Gasteiger partial charge in [-0.3, -0.25) is 19.1 Å². The van der Waals surface area contributed by atoms with Gasteiger partial charge in [0.2, 0.25) is 11.8 Å². The van der Waals surface area contributed by atoms with E-state index in [9.17, 15) is 14.4 Å². The van der Waals surface area contributed by atoms with Crippen molar-refractivity contribution in [3.05, 3.63) is 64.0 Å². The molecule has 5 heterocycles. The van der Waals surface area contributed by atoms with Crippen LogP contribution in [-0.2, 0) is 9.59 Å². The van der Waals surface area contributed by atoms with Crippen molar-refractivity contribution < 1.29 is 16.8 Å². The highest BCUT2D eigenvalue weighted by Crippen LogP contribution is 2.49. The molecule has 7 rings (SSSR count). The number of hydrogen-bond acceptors (Lipinski definition) is 6. The monoisotopic (exact) mass is 680 g/mol. The molecule has 0 bridgehead atoms. The van der Waals surface area contributed by atoms with E-state index >= 15 is 4.39 Å². The number of fused-ring (bicyclic) bond motifs is 1. The number of amides is 2. The third-order valence-corrected chi connectivity index (χ3v) is 12.6. The van der Waals surface area contributed by atoms with Crippen molar-refractivity contribution in [3.63, 3.8) is 0 Å². The molecule has 1 aliphatic carbocycles. The number of nitrogens with zero attached hydrogens (tertiary/aromatic N) is 5. The first-order valence-electron chi connectivity index (χ1n) is 17.9. The first-order valence-corrected chi connectivity index (χ1v) is 18.8. The SMILES string of the molecule is CC(C)(C)CCN1C(=O)[C@H](CC(=O)N2CCC(n3c(=O)[nH]c4ncccc43)CC2)SC1c1cccc(F)c1C1CCN(C2CCC2)CC1.[HH].[HH]. The van der Waals surface area contributed by atoms with Gasteiger partial charge in [0.05, 0.1) is 10.8 Å². The van der Waals surface area contributed by atoms with Crippen molar-refractivity contribution in [3.8, 4) is 0 Å². The van der Waals surface area contributed by atoms with Crippen molar-refractivity contribution in [2.45, 2.75) is 107 Å². The first kappa shape index (κ1) is 33.3. The molecule has 48 heavy (non-hydrogen) atoms. The van der Waals surface area contributed by atoms with Crippen LogP contribution in [0.15, 0.2) is 41.3 Å². The number of rotatable bonds is 8. The standard InChI is InChI=1S/C37H49FN6O3S.2H2/c1-37(2,3)16-22-43-34(46)30(23-31(45)42-20-14-26(15-21-42)44-29-11-6-17-39-33(29)40-36(44)47)48-35(43)27-9-5-10-28(38)32(27)24-12-18-41(19-13-24)25-7-4-8-25;;/h5-6,9-11,17,24-26,30,35H,4,7-8,12-16,18-23H2,1-3H3,(H,39,40,47);2*1H/t30-,35?;;/m0../s1. The van der Waals surface area contributed by atoms with E-state index in [2.05, 4.69) is 35.6 Å². The highest BCUT2D eigenvalue weighted by Gasteiger charge is 2.44. The molecular weight excluding hydrogens is 628 g/mol. The van der Waals surface area contributed by atoms with Crippen LogP contribution in [0.5, 0.6) is 0 Å². The zero-order chi connectivity index (χ0) is 33.6. The molecule has 2 atom stereocenters. The number of benzene rings is 1. The first-order chi connectivity index (χ1) is 23.1. The molecule has 0 radical (unpaired) electrons. The van der Waals surface area contributed by atoms with Crippen LogP contribution in [0.1, 0.15) is 110 Å². The fourth-order valence-electron chi connectivity index (χ4n) is 8.13. The molecule has 262 valence electrons. The van der Waals surface area contributed by atoms with Crippen LogP contribution in [0.25, 0.3) is 11.2 Å². The molecule has 4 aliphatic rings. The lowest BCUT2D eigenvalue weighted by atomic mass is 9.83. The number of imidazole rings is 1. The number of likely N-dealkylation sites (tertiary alicyclic amines) is 2. The second-order valence-corrected chi connectivity index (χ2v) is 16.7. The van der Waals surface area contributed by atoms with Crippen molar-refractivity contribution in [2.75, 3.05) is 32.7 Å². The molecule has 9 nitrogen and oxygen atoms in total. The second kappa shape index (κ2) is 13.6. The van der Waals surface area contributed by atoms with Gasteiger partial charge in [0, 0.05) is 47.2 Å². The summed E-state index contributed by atoms with van der Waals surface area (Å²) >= 11 is 1.53. The van der Waals surface area contributed by atoms with E-state index in [0.29, 0.717) is 44.2 Å². The van der Waals surface area contributed by atoms with Crippen molar-refractivity contribution in [2.24, 2.45) is 5.41 Å². The number of nitrogens with one attached hydrogen (secondary N) is 1. The minimum absolute atomic E-state index is 0. The summed E-state index contributed by atoms with van der Waals surface area (Å²) in [6, 6.07) is 9.76. The minimum Gasteiger partial charge on any atom is -0.342 e. The normalized spacial score (nSPS) is 23.7. The van der Waals surface area contributed by atoms with Crippen LogP contribution in [-0.4, -0.2) is 85.1 Å². The molecule has 4 fully saturated rings. The van der Waals surface area contributed by atoms with Crippen molar-refractivity contribution in [1.29, 1.82) is 0 Å². The van der Waals surface area contributed by atoms with Crippen LogP contribution >= 0.6 is 11.8 Å². The zero-order valence-electron chi connectivity index (χ0n) is 28.5. The molecule has 1 aromatic carbocycles. The van der Waals surface area contributed by atoms with Gasteiger partial charge < -0.3 is 14.7 Å². The van der Waals surface area contributed by atoms with Crippen LogP contribution in [0.3, 0.4) is 0 Å². The Morgan fingerprint density at radius 2 is 1.75 bits per heavy atom. The van der Waals surface area contributed by atoms with Gasteiger partial charge in [0.15, 0.2) is 5.65 Å². The van der Waals surface area contributed by atoms with E-state index in [4.69, 9.17) is 0 Å². The maximum absolute atomic E-state index is 15.8. The number of carbonyl (C=O) groups excluding carboxylic acids is 2. The molecule has 3 aromatic rings. The minimum atomic E-state index is -0.515. The number of H-pyrrole nitrogens is 1. The largest absolute Gasteiger partial charge is 0.342 e. The van der Waals surface area contributed by atoms with E-state index in [-0.39, 0.29) is 55.3 Å². The molecule has 0 spiro atoms. The topological polar surface area (TPSA) is 94.5 Å². The molecule has 11 heteroatoms. The Kier molecular flexibility index (Phi) is 9.45. The number of pyridine rings is 1. The predicted molar refractivity (Wildman–Crippen MR) is 192 cm³/mol. The van der Waals surface area contributed by atoms with E-state index in [1.54, 1.807) is 22.9 Å². The fraction of sp³-hybridized carbons (Fsp3) is 0.622. The lowest BCUT2D eigenvalue weighted by Gasteiger charge is -2.42. The van der Waals surface area contributed by atoms with Crippen molar-refractivity contribution in [1.82, 2.24) is 29.2 Å². The molecule has 3 aliphatic heterocycles. The Balaban J connectivity index is 0.00000243. The molecule has 1 unspecified atom stereocenters. The molecule has 2 amide bonds. The van der Waals surface area contributed by atoms with E-state index in [0.717, 1.165) is 49.0 Å². The Morgan fingerprint density at radius 3 is 2.44 bits per heavy atom. The van der Waals surface area contributed by atoms with Crippen LogP contribution in [0.4, 0.5) is 4.39 Å². The quantitative estimate of drug-likeness (QED) is 0.284. The third-order valence-electron chi connectivity index (χ3n) is 11.2. The molecule has 2 aromatic heterocycles. The van der Waals surface area contributed by atoms with Gasteiger partial charge >= 0.3 is 5.69 Å².